The molecule has 3 aromatic rings. The summed E-state index contributed by atoms with van der Waals surface area (Å²) in [5.41, 5.74) is 3.08. The normalized spacial score (nSPS) is 25.5. The number of rotatable bonds is 3. The maximum Gasteiger partial charge on any atom is 0.255 e. The van der Waals surface area contributed by atoms with Gasteiger partial charge in [0.25, 0.3) is 5.91 Å². The van der Waals surface area contributed by atoms with Crippen LogP contribution in [0.4, 0.5) is 0 Å². The molecule has 2 fully saturated rings. The molecule has 0 bridgehead atoms. The van der Waals surface area contributed by atoms with Crippen LogP contribution in [-0.4, -0.2) is 52.8 Å². The Morgan fingerprint density at radius 1 is 1.06 bits per heavy atom. The van der Waals surface area contributed by atoms with Crippen LogP contribution in [0.15, 0.2) is 48.5 Å². The number of aromatic amines is 1. The molecule has 2 aromatic carbocycles. The van der Waals surface area contributed by atoms with Gasteiger partial charge < -0.3 is 19.5 Å². The van der Waals surface area contributed by atoms with Gasteiger partial charge in [-0.1, -0.05) is 30.3 Å². The molecule has 1 saturated carbocycles. The Bertz CT molecular complexity index is 1210. The van der Waals surface area contributed by atoms with Crippen molar-refractivity contribution >= 4 is 22.7 Å². The number of H-pyrrole nitrogens is 1. The zero-order valence-corrected chi connectivity index (χ0v) is 17.7. The van der Waals surface area contributed by atoms with E-state index in [0.717, 1.165) is 46.3 Å². The van der Waals surface area contributed by atoms with E-state index >= 15 is 0 Å². The average molecular weight is 415 g/mol. The Kier molecular flexibility index (Phi) is 3.79. The molecular weight excluding hydrogens is 390 g/mol. The largest absolute Gasteiger partial charge is 0.497 e. The molecule has 2 atom stereocenters. The van der Waals surface area contributed by atoms with Crippen molar-refractivity contribution < 1.29 is 14.3 Å². The highest BCUT2D eigenvalue weighted by atomic mass is 16.5. The molecule has 158 valence electrons. The molecule has 0 unspecified atom stereocenters. The number of methoxy groups -OCH3 is 1. The predicted molar refractivity (Wildman–Crippen MR) is 117 cm³/mol. The molecule has 6 nitrogen and oxygen atoms in total. The average Bonchev–Trinajstić information content (AvgIpc) is 3.56. The number of piperazine rings is 1. The van der Waals surface area contributed by atoms with Gasteiger partial charge in [0, 0.05) is 29.4 Å². The van der Waals surface area contributed by atoms with E-state index in [1.165, 1.54) is 0 Å². The number of fused-ring (bicyclic) bond motifs is 5. The number of nitrogens with zero attached hydrogens (tertiary/aromatic N) is 2. The summed E-state index contributed by atoms with van der Waals surface area (Å²) >= 11 is 0. The van der Waals surface area contributed by atoms with Crippen molar-refractivity contribution in [3.05, 3.63) is 65.4 Å². The molecule has 31 heavy (non-hydrogen) atoms. The molecule has 6 heteroatoms. The van der Waals surface area contributed by atoms with E-state index in [0.29, 0.717) is 6.54 Å². The Balaban J connectivity index is 1.57. The van der Waals surface area contributed by atoms with Crippen molar-refractivity contribution in [2.24, 2.45) is 0 Å². The lowest BCUT2D eigenvalue weighted by Gasteiger charge is -2.51. The lowest BCUT2D eigenvalue weighted by atomic mass is 9.76. The van der Waals surface area contributed by atoms with Crippen molar-refractivity contribution in [1.29, 1.82) is 0 Å². The molecule has 6 rings (SSSR count). The summed E-state index contributed by atoms with van der Waals surface area (Å²) in [5.74, 6) is 0.842. The molecule has 1 N–H and O–H groups in total. The lowest BCUT2D eigenvalue weighted by molar-refractivity contribution is -0.166. The third-order valence-electron chi connectivity index (χ3n) is 7.28. The van der Waals surface area contributed by atoms with Crippen LogP contribution in [0.5, 0.6) is 5.75 Å². The molecule has 0 radical (unpaired) electrons. The number of hydrogen-bond acceptors (Lipinski definition) is 3. The fourth-order valence-electron chi connectivity index (χ4n) is 5.45. The molecule has 2 aliphatic heterocycles. The fourth-order valence-corrected chi connectivity index (χ4v) is 5.45. The number of carbonyl (C=O) groups is 2. The van der Waals surface area contributed by atoms with Crippen LogP contribution in [-0.2, 0) is 15.1 Å². The predicted octanol–water partition coefficient (Wildman–Crippen LogP) is 3.37. The first-order valence-electron chi connectivity index (χ1n) is 10.9. The van der Waals surface area contributed by atoms with E-state index in [2.05, 4.69) is 23.2 Å². The maximum atomic E-state index is 13.8. The van der Waals surface area contributed by atoms with Crippen molar-refractivity contribution in [3.8, 4) is 5.75 Å². The number of ether oxygens (including phenoxy) is 1. The van der Waals surface area contributed by atoms with Crippen LogP contribution in [0, 0.1) is 0 Å². The Morgan fingerprint density at radius 3 is 2.52 bits per heavy atom. The van der Waals surface area contributed by atoms with Crippen LogP contribution in [0.1, 0.15) is 42.5 Å². The number of para-hydroxylation sites is 1. The van der Waals surface area contributed by atoms with Crippen LogP contribution >= 0.6 is 0 Å². The molecule has 3 aliphatic rings. The van der Waals surface area contributed by atoms with E-state index in [1.54, 1.807) is 12.0 Å². The highest BCUT2D eigenvalue weighted by molar-refractivity contribution is 6.01. The second-order valence-corrected chi connectivity index (χ2v) is 9.03. The van der Waals surface area contributed by atoms with Gasteiger partial charge in [-0.3, -0.25) is 9.59 Å². The van der Waals surface area contributed by atoms with Gasteiger partial charge in [0.15, 0.2) is 5.54 Å². The van der Waals surface area contributed by atoms with Gasteiger partial charge in [-0.05, 0) is 49.1 Å². The maximum absolute atomic E-state index is 13.8. The third kappa shape index (κ3) is 2.51. The quantitative estimate of drug-likeness (QED) is 0.713. The standard InChI is InChI=1S/C25H25N3O3/c1-25-23-22(18-5-3-4-6-20(18)26-23)19(15-7-11-17(31-2)12-8-15)13-28(25)21(29)14-27(24(25)30)16-9-10-16/h3-8,11-12,16,19,26H,9-10,13-14H2,1-2H3/t19-,25-/m1/s1. The number of amides is 2. The first kappa shape index (κ1) is 18.5. The van der Waals surface area contributed by atoms with E-state index in [9.17, 15) is 9.59 Å². The summed E-state index contributed by atoms with van der Waals surface area (Å²) in [6, 6.07) is 16.4. The number of nitrogens with one attached hydrogen (secondary N) is 1. The van der Waals surface area contributed by atoms with Crippen molar-refractivity contribution in [1.82, 2.24) is 14.8 Å². The number of carbonyl (C=O) groups excluding carboxylic acids is 2. The summed E-state index contributed by atoms with van der Waals surface area (Å²) in [5, 5.41) is 1.11. The second kappa shape index (κ2) is 6.36. The van der Waals surface area contributed by atoms with Gasteiger partial charge in [-0.25, -0.2) is 0 Å². The van der Waals surface area contributed by atoms with Gasteiger partial charge in [-0.15, -0.1) is 0 Å². The molecule has 1 aromatic heterocycles. The summed E-state index contributed by atoms with van der Waals surface area (Å²) in [6.45, 7) is 2.59. The monoisotopic (exact) mass is 415 g/mol. The number of aromatic nitrogens is 1. The molecule has 1 aliphatic carbocycles. The van der Waals surface area contributed by atoms with Gasteiger partial charge in [0.1, 0.15) is 12.3 Å². The molecule has 1 saturated heterocycles. The van der Waals surface area contributed by atoms with Gasteiger partial charge in [0.05, 0.1) is 12.8 Å². The van der Waals surface area contributed by atoms with Crippen LogP contribution < -0.4 is 4.74 Å². The number of benzene rings is 2. The zero-order valence-electron chi connectivity index (χ0n) is 17.7. The summed E-state index contributed by atoms with van der Waals surface area (Å²) in [7, 11) is 1.66. The Hall–Kier alpha value is -3.28. The number of hydrogen-bond donors (Lipinski definition) is 1. The zero-order chi connectivity index (χ0) is 21.3. The van der Waals surface area contributed by atoms with E-state index in [-0.39, 0.29) is 30.3 Å². The third-order valence-corrected chi connectivity index (χ3v) is 7.28. The minimum absolute atomic E-state index is 0.0191. The first-order chi connectivity index (χ1) is 15.0. The molecule has 3 heterocycles. The van der Waals surface area contributed by atoms with E-state index in [1.807, 2.05) is 42.2 Å². The van der Waals surface area contributed by atoms with E-state index < -0.39 is 5.54 Å². The molecular formula is C25H25N3O3. The van der Waals surface area contributed by atoms with Crippen LogP contribution in [0.2, 0.25) is 0 Å². The topological polar surface area (TPSA) is 65.6 Å². The minimum Gasteiger partial charge on any atom is -0.497 e. The smallest absolute Gasteiger partial charge is 0.255 e. The van der Waals surface area contributed by atoms with E-state index in [4.69, 9.17) is 4.74 Å². The fraction of sp³-hybridized carbons (Fsp3) is 0.360. The molecule has 2 amide bonds. The summed E-state index contributed by atoms with van der Waals surface area (Å²) in [6.07, 6.45) is 1.98. The first-order valence-corrected chi connectivity index (χ1v) is 10.9. The van der Waals surface area contributed by atoms with Crippen molar-refractivity contribution in [2.45, 2.75) is 37.3 Å². The highest BCUT2D eigenvalue weighted by Gasteiger charge is 2.58. The van der Waals surface area contributed by atoms with Gasteiger partial charge >= 0.3 is 0 Å². The minimum atomic E-state index is -1.00. The molecule has 0 spiro atoms. The second-order valence-electron chi connectivity index (χ2n) is 9.03. The SMILES string of the molecule is COc1ccc([C@H]2CN3C(=O)CN(C4CC4)C(=O)[C@@]3(C)c3[nH]c4ccccc4c32)cc1. The van der Waals surface area contributed by atoms with Crippen molar-refractivity contribution in [2.75, 3.05) is 20.2 Å². The summed E-state index contributed by atoms with van der Waals surface area (Å²) in [4.78, 5) is 34.2. The highest BCUT2D eigenvalue weighted by Crippen LogP contribution is 2.49. The van der Waals surface area contributed by atoms with Gasteiger partial charge in [0.2, 0.25) is 5.91 Å². The van der Waals surface area contributed by atoms with Gasteiger partial charge in [-0.2, -0.15) is 0 Å². The van der Waals surface area contributed by atoms with Crippen LogP contribution in [0.3, 0.4) is 0 Å². The van der Waals surface area contributed by atoms with Crippen molar-refractivity contribution in [3.63, 3.8) is 0 Å². The Morgan fingerprint density at radius 2 is 1.81 bits per heavy atom. The summed E-state index contributed by atoms with van der Waals surface area (Å²) < 4.78 is 5.33. The Labute approximate surface area is 180 Å². The van der Waals surface area contributed by atoms with Crippen LogP contribution in [0.25, 0.3) is 10.9 Å². The lowest BCUT2D eigenvalue weighted by Crippen LogP contribution is -2.67.